The first-order valence-corrected chi connectivity index (χ1v) is 8.34. The predicted octanol–water partition coefficient (Wildman–Crippen LogP) is 2.48. The van der Waals surface area contributed by atoms with E-state index in [1.165, 1.54) is 5.56 Å². The van der Waals surface area contributed by atoms with Crippen LogP contribution in [0.15, 0.2) is 24.3 Å². The van der Waals surface area contributed by atoms with Crippen molar-refractivity contribution in [1.82, 2.24) is 10.2 Å². The first kappa shape index (κ1) is 16.8. The van der Waals surface area contributed by atoms with E-state index < -0.39 is 0 Å². The van der Waals surface area contributed by atoms with Gasteiger partial charge in [0.05, 0.1) is 7.11 Å². The molecule has 0 unspecified atom stereocenters. The molecule has 4 nitrogen and oxygen atoms in total. The lowest BCUT2D eigenvalue weighted by Crippen LogP contribution is -2.40. The molecule has 1 heterocycles. The summed E-state index contributed by atoms with van der Waals surface area (Å²) in [5.74, 6) is 1.88. The number of piperidine rings is 1. The molecule has 1 aromatic rings. The van der Waals surface area contributed by atoms with Gasteiger partial charge in [-0.05, 0) is 56.0 Å². The summed E-state index contributed by atoms with van der Waals surface area (Å²) in [6.45, 7) is 6.08. The fourth-order valence-electron chi connectivity index (χ4n) is 2.94. The first-order valence-electron chi connectivity index (χ1n) is 8.34. The number of carbonyl (C=O) groups is 1. The Hall–Kier alpha value is -1.55. The summed E-state index contributed by atoms with van der Waals surface area (Å²) >= 11 is 0. The van der Waals surface area contributed by atoms with Gasteiger partial charge in [0, 0.05) is 19.5 Å². The van der Waals surface area contributed by atoms with E-state index in [-0.39, 0.29) is 5.91 Å². The van der Waals surface area contributed by atoms with Crippen LogP contribution in [-0.4, -0.2) is 44.1 Å². The molecule has 1 fully saturated rings. The van der Waals surface area contributed by atoms with Gasteiger partial charge in [-0.2, -0.15) is 0 Å². The highest BCUT2D eigenvalue weighted by atomic mass is 16.5. The predicted molar refractivity (Wildman–Crippen MR) is 89.2 cm³/mol. The summed E-state index contributed by atoms with van der Waals surface area (Å²) in [6, 6.07) is 7.97. The Kier molecular flexibility index (Phi) is 6.72. The molecule has 22 heavy (non-hydrogen) atoms. The van der Waals surface area contributed by atoms with Crippen molar-refractivity contribution in [2.24, 2.45) is 5.92 Å². The lowest BCUT2D eigenvalue weighted by Gasteiger charge is -2.32. The molecule has 0 atom stereocenters. The highest BCUT2D eigenvalue weighted by Gasteiger charge is 2.22. The van der Waals surface area contributed by atoms with E-state index in [4.69, 9.17) is 4.74 Å². The third-order valence-corrected chi connectivity index (χ3v) is 4.44. The maximum atomic E-state index is 12.3. The molecule has 122 valence electrons. The standard InChI is InChI=1S/C18H28N2O2/c1-3-19-14-16-10-12-20(13-11-16)18(21)9-6-15-4-7-17(22-2)8-5-15/h4-5,7-8,16,19H,3,6,9-14H2,1-2H3. The summed E-state index contributed by atoms with van der Waals surface area (Å²) in [5, 5.41) is 3.40. The number of carbonyl (C=O) groups excluding carboxylic acids is 1. The molecule has 1 aromatic carbocycles. The Balaban J connectivity index is 1.71. The Labute approximate surface area is 133 Å². The van der Waals surface area contributed by atoms with Crippen LogP contribution in [0.1, 0.15) is 31.7 Å². The van der Waals surface area contributed by atoms with Crippen molar-refractivity contribution in [1.29, 1.82) is 0 Å². The zero-order valence-corrected chi connectivity index (χ0v) is 13.8. The highest BCUT2D eigenvalue weighted by molar-refractivity contribution is 5.76. The quantitative estimate of drug-likeness (QED) is 0.841. The minimum Gasteiger partial charge on any atom is -0.497 e. The fourth-order valence-corrected chi connectivity index (χ4v) is 2.94. The van der Waals surface area contributed by atoms with Crippen molar-refractivity contribution >= 4 is 5.91 Å². The van der Waals surface area contributed by atoms with Crippen molar-refractivity contribution < 1.29 is 9.53 Å². The van der Waals surface area contributed by atoms with Gasteiger partial charge in [0.25, 0.3) is 0 Å². The maximum Gasteiger partial charge on any atom is 0.222 e. The van der Waals surface area contributed by atoms with E-state index in [9.17, 15) is 4.79 Å². The van der Waals surface area contributed by atoms with Gasteiger partial charge in [-0.3, -0.25) is 4.79 Å². The lowest BCUT2D eigenvalue weighted by atomic mass is 9.96. The Bertz CT molecular complexity index is 451. The molecule has 0 radical (unpaired) electrons. The van der Waals surface area contributed by atoms with Gasteiger partial charge >= 0.3 is 0 Å². The average molecular weight is 304 g/mol. The number of methoxy groups -OCH3 is 1. The number of likely N-dealkylation sites (tertiary alicyclic amines) is 1. The smallest absolute Gasteiger partial charge is 0.222 e. The summed E-state index contributed by atoms with van der Waals surface area (Å²) < 4.78 is 5.15. The van der Waals surface area contributed by atoms with Gasteiger partial charge in [-0.25, -0.2) is 0 Å². The van der Waals surface area contributed by atoms with E-state index in [0.29, 0.717) is 6.42 Å². The number of nitrogens with zero attached hydrogens (tertiary/aromatic N) is 1. The molecule has 1 saturated heterocycles. The van der Waals surface area contributed by atoms with Gasteiger partial charge in [0.2, 0.25) is 5.91 Å². The van der Waals surface area contributed by atoms with Crippen LogP contribution in [0.2, 0.25) is 0 Å². The topological polar surface area (TPSA) is 41.6 Å². The van der Waals surface area contributed by atoms with Crippen LogP contribution in [0.25, 0.3) is 0 Å². The normalized spacial score (nSPS) is 15.8. The van der Waals surface area contributed by atoms with E-state index in [2.05, 4.69) is 12.2 Å². The number of ether oxygens (including phenoxy) is 1. The lowest BCUT2D eigenvalue weighted by molar-refractivity contribution is -0.132. The van der Waals surface area contributed by atoms with Crippen molar-refractivity contribution in [3.05, 3.63) is 29.8 Å². The Morgan fingerprint density at radius 3 is 2.55 bits per heavy atom. The largest absolute Gasteiger partial charge is 0.497 e. The third kappa shape index (κ3) is 5.02. The van der Waals surface area contributed by atoms with Crippen molar-refractivity contribution in [2.45, 2.75) is 32.6 Å². The van der Waals surface area contributed by atoms with Gasteiger partial charge < -0.3 is 15.0 Å². The van der Waals surface area contributed by atoms with E-state index >= 15 is 0 Å². The van der Waals surface area contributed by atoms with Gasteiger partial charge in [0.1, 0.15) is 5.75 Å². The molecule has 0 bridgehead atoms. The monoisotopic (exact) mass is 304 g/mol. The summed E-state index contributed by atoms with van der Waals surface area (Å²) in [6.07, 6.45) is 3.66. The molecular formula is C18H28N2O2. The molecule has 1 N–H and O–H groups in total. The van der Waals surface area contributed by atoms with Crippen molar-refractivity contribution in [3.8, 4) is 5.75 Å². The second-order valence-electron chi connectivity index (χ2n) is 5.98. The zero-order chi connectivity index (χ0) is 15.8. The van der Waals surface area contributed by atoms with Crippen LogP contribution in [0, 0.1) is 5.92 Å². The molecule has 0 spiro atoms. The number of benzene rings is 1. The van der Waals surface area contributed by atoms with Crippen LogP contribution in [0.4, 0.5) is 0 Å². The number of rotatable bonds is 7. The number of aryl methyl sites for hydroxylation is 1. The van der Waals surface area contributed by atoms with Gasteiger partial charge in [-0.1, -0.05) is 19.1 Å². The molecule has 1 amide bonds. The summed E-state index contributed by atoms with van der Waals surface area (Å²) in [7, 11) is 1.66. The van der Waals surface area contributed by atoms with Crippen LogP contribution in [0.5, 0.6) is 5.75 Å². The number of nitrogens with one attached hydrogen (secondary N) is 1. The van der Waals surface area contributed by atoms with Crippen LogP contribution in [-0.2, 0) is 11.2 Å². The van der Waals surface area contributed by atoms with Crippen molar-refractivity contribution in [3.63, 3.8) is 0 Å². The molecule has 0 aromatic heterocycles. The van der Waals surface area contributed by atoms with Crippen LogP contribution < -0.4 is 10.1 Å². The molecule has 1 aliphatic heterocycles. The number of hydrogen-bond acceptors (Lipinski definition) is 3. The second kappa shape index (κ2) is 8.79. The Morgan fingerprint density at radius 1 is 1.27 bits per heavy atom. The Morgan fingerprint density at radius 2 is 1.95 bits per heavy atom. The summed E-state index contributed by atoms with van der Waals surface area (Å²) in [5.41, 5.74) is 1.19. The second-order valence-corrected chi connectivity index (χ2v) is 5.98. The number of amides is 1. The molecule has 4 heteroatoms. The van der Waals surface area contributed by atoms with E-state index in [0.717, 1.165) is 57.1 Å². The van der Waals surface area contributed by atoms with E-state index in [1.54, 1.807) is 7.11 Å². The van der Waals surface area contributed by atoms with Crippen LogP contribution >= 0.6 is 0 Å². The third-order valence-electron chi connectivity index (χ3n) is 4.44. The van der Waals surface area contributed by atoms with Crippen LogP contribution in [0.3, 0.4) is 0 Å². The first-order chi connectivity index (χ1) is 10.7. The molecular weight excluding hydrogens is 276 g/mol. The minimum absolute atomic E-state index is 0.290. The maximum absolute atomic E-state index is 12.3. The van der Waals surface area contributed by atoms with Gasteiger partial charge in [-0.15, -0.1) is 0 Å². The zero-order valence-electron chi connectivity index (χ0n) is 13.8. The van der Waals surface area contributed by atoms with Crippen molar-refractivity contribution in [2.75, 3.05) is 33.3 Å². The molecule has 1 aliphatic rings. The SMILES string of the molecule is CCNCC1CCN(C(=O)CCc2ccc(OC)cc2)CC1. The fraction of sp³-hybridized carbons (Fsp3) is 0.611. The molecule has 2 rings (SSSR count). The summed E-state index contributed by atoms with van der Waals surface area (Å²) in [4.78, 5) is 14.3. The van der Waals surface area contributed by atoms with E-state index in [1.807, 2.05) is 29.2 Å². The van der Waals surface area contributed by atoms with Gasteiger partial charge in [0.15, 0.2) is 0 Å². The minimum atomic E-state index is 0.290. The number of hydrogen-bond donors (Lipinski definition) is 1. The average Bonchev–Trinajstić information content (AvgIpc) is 2.58. The molecule has 0 aliphatic carbocycles. The highest BCUT2D eigenvalue weighted by Crippen LogP contribution is 2.18. The molecule has 0 saturated carbocycles.